The fourth-order valence-corrected chi connectivity index (χ4v) is 2.36. The van der Waals surface area contributed by atoms with Gasteiger partial charge < -0.3 is 4.90 Å². The van der Waals surface area contributed by atoms with E-state index in [-0.39, 0.29) is 5.82 Å². The molecule has 1 aromatic rings. The van der Waals surface area contributed by atoms with E-state index in [2.05, 4.69) is 33.2 Å². The van der Waals surface area contributed by atoms with Crippen molar-refractivity contribution in [3.05, 3.63) is 35.6 Å². The molecule has 0 bridgehead atoms. The van der Waals surface area contributed by atoms with E-state index < -0.39 is 8.26 Å². The lowest BCUT2D eigenvalue weighted by molar-refractivity contribution is 0.342. The van der Waals surface area contributed by atoms with Crippen molar-refractivity contribution in [3.8, 4) is 0 Å². The van der Waals surface area contributed by atoms with Gasteiger partial charge in [-0.15, -0.1) is 0 Å². The minimum atomic E-state index is -3.72. The predicted molar refractivity (Wildman–Crippen MR) is 81.0 cm³/mol. The summed E-state index contributed by atoms with van der Waals surface area (Å²) in [6, 6.07) is 7.00. The maximum absolute atomic E-state index is 13.0. The minimum Gasteiger partial charge on any atom is -0.303 e. The van der Waals surface area contributed by atoms with Gasteiger partial charge in [-0.05, 0) is 49.5 Å². The van der Waals surface area contributed by atoms with E-state index in [1.54, 1.807) is 12.1 Å². The molecule has 0 amide bonds. The summed E-state index contributed by atoms with van der Waals surface area (Å²) in [6.45, 7) is 5.72. The van der Waals surface area contributed by atoms with Crippen molar-refractivity contribution in [2.75, 3.05) is 19.6 Å². The average Bonchev–Trinajstić information content (AvgIpc) is 2.74. The first kappa shape index (κ1) is 17.7. The van der Waals surface area contributed by atoms with Gasteiger partial charge in [-0.1, -0.05) is 19.1 Å². The summed E-state index contributed by atoms with van der Waals surface area (Å²) >= 11 is 0. The molecule has 20 heavy (non-hydrogen) atoms. The third kappa shape index (κ3) is 8.04. The fraction of sp³-hybridized carbons (Fsp3) is 0.538. The first-order valence-electron chi connectivity index (χ1n) is 6.39. The predicted octanol–water partition coefficient (Wildman–Crippen LogP) is 3.42. The van der Waals surface area contributed by atoms with Crippen LogP contribution in [-0.4, -0.2) is 33.0 Å². The second-order valence-electron chi connectivity index (χ2n) is 4.76. The molecule has 0 aliphatic carbocycles. The molecule has 0 unspecified atom stereocenters. The van der Waals surface area contributed by atoms with E-state index in [1.807, 2.05) is 6.07 Å². The van der Waals surface area contributed by atoms with Gasteiger partial charge in [0.15, 0.2) is 0 Å². The Hall–Kier alpha value is -0.360. The first-order valence-corrected chi connectivity index (χ1v) is 9.52. The van der Waals surface area contributed by atoms with E-state index >= 15 is 0 Å². The number of hydrogen-bond acceptors (Lipinski definition) is 3. The van der Waals surface area contributed by atoms with Gasteiger partial charge in [0.1, 0.15) is 5.82 Å². The SMILES string of the molecule is CCN1CC[C@H](Cc2cccc(F)c2)C1.O=S(=O)(Cl)Cl. The van der Waals surface area contributed by atoms with E-state index in [9.17, 15) is 4.39 Å². The average molecular weight is 342 g/mol. The lowest BCUT2D eigenvalue weighted by atomic mass is 9.99. The van der Waals surface area contributed by atoms with Crippen molar-refractivity contribution in [1.29, 1.82) is 0 Å². The van der Waals surface area contributed by atoms with E-state index in [4.69, 9.17) is 8.42 Å². The summed E-state index contributed by atoms with van der Waals surface area (Å²) in [4.78, 5) is 2.46. The summed E-state index contributed by atoms with van der Waals surface area (Å²) in [6.07, 6.45) is 2.28. The van der Waals surface area contributed by atoms with Gasteiger partial charge in [0.25, 0.3) is 0 Å². The zero-order valence-corrected chi connectivity index (χ0v) is 13.6. The lowest BCUT2D eigenvalue weighted by Gasteiger charge is -2.13. The number of likely N-dealkylation sites (tertiary alicyclic amines) is 1. The molecule has 0 saturated carbocycles. The molecule has 1 aliphatic rings. The highest BCUT2D eigenvalue weighted by atomic mass is 36.0. The maximum Gasteiger partial charge on any atom is 0.317 e. The van der Waals surface area contributed by atoms with Crippen LogP contribution >= 0.6 is 21.4 Å². The summed E-state index contributed by atoms with van der Waals surface area (Å²) < 4.78 is 31.3. The van der Waals surface area contributed by atoms with Crippen LogP contribution in [0.4, 0.5) is 4.39 Å². The van der Waals surface area contributed by atoms with Crippen LogP contribution < -0.4 is 0 Å². The lowest BCUT2D eigenvalue weighted by Crippen LogP contribution is -2.20. The zero-order chi connectivity index (χ0) is 15.2. The van der Waals surface area contributed by atoms with E-state index in [0.717, 1.165) is 18.5 Å². The topological polar surface area (TPSA) is 37.4 Å². The van der Waals surface area contributed by atoms with Crippen molar-refractivity contribution in [2.24, 2.45) is 5.92 Å². The minimum absolute atomic E-state index is 0.113. The van der Waals surface area contributed by atoms with Crippen molar-refractivity contribution >= 4 is 29.6 Å². The number of halogens is 3. The molecular weight excluding hydrogens is 324 g/mol. The highest BCUT2D eigenvalue weighted by Crippen LogP contribution is 2.20. The van der Waals surface area contributed by atoms with Gasteiger partial charge in [-0.25, -0.2) is 4.39 Å². The molecule has 1 saturated heterocycles. The molecule has 3 nitrogen and oxygen atoms in total. The number of rotatable bonds is 3. The molecule has 2 rings (SSSR count). The Bertz CT molecular complexity index is 517. The highest BCUT2D eigenvalue weighted by Gasteiger charge is 2.21. The normalized spacial score (nSPS) is 19.5. The van der Waals surface area contributed by atoms with Crippen LogP contribution in [0.25, 0.3) is 0 Å². The molecule has 1 heterocycles. The molecule has 0 radical (unpaired) electrons. The molecule has 0 aromatic heterocycles. The molecule has 0 N–H and O–H groups in total. The van der Waals surface area contributed by atoms with E-state index in [0.29, 0.717) is 5.92 Å². The Morgan fingerprint density at radius 3 is 2.55 bits per heavy atom. The van der Waals surface area contributed by atoms with Gasteiger partial charge in [0.05, 0.1) is 0 Å². The number of hydrogen-bond donors (Lipinski definition) is 0. The first-order chi connectivity index (χ1) is 9.28. The van der Waals surface area contributed by atoms with Crippen LogP contribution in [0, 0.1) is 11.7 Å². The molecular formula is C13H18Cl2FNO2S. The van der Waals surface area contributed by atoms with Crippen molar-refractivity contribution in [2.45, 2.75) is 19.8 Å². The second kappa shape index (κ2) is 8.17. The van der Waals surface area contributed by atoms with Crippen molar-refractivity contribution < 1.29 is 12.8 Å². The van der Waals surface area contributed by atoms with Crippen LogP contribution in [0.5, 0.6) is 0 Å². The molecule has 1 aliphatic heterocycles. The number of nitrogens with zero attached hydrogens (tertiary/aromatic N) is 1. The molecule has 1 atom stereocenters. The van der Waals surface area contributed by atoms with Crippen molar-refractivity contribution in [1.82, 2.24) is 4.90 Å². The highest BCUT2D eigenvalue weighted by molar-refractivity contribution is 8.31. The Balaban J connectivity index is 0.000000347. The van der Waals surface area contributed by atoms with Crippen LogP contribution in [0.1, 0.15) is 18.9 Å². The molecule has 1 fully saturated rings. The third-order valence-electron chi connectivity index (χ3n) is 3.23. The Labute approximate surface area is 128 Å². The van der Waals surface area contributed by atoms with Crippen LogP contribution in [0.15, 0.2) is 24.3 Å². The van der Waals surface area contributed by atoms with Crippen LogP contribution in [-0.2, 0) is 14.7 Å². The largest absolute Gasteiger partial charge is 0.317 e. The van der Waals surface area contributed by atoms with Crippen molar-refractivity contribution in [3.63, 3.8) is 0 Å². The molecule has 7 heteroatoms. The quantitative estimate of drug-likeness (QED) is 0.790. The van der Waals surface area contributed by atoms with Gasteiger partial charge in [-0.2, -0.15) is 8.42 Å². The standard InChI is InChI=1S/C13H18FN.Cl2O2S/c1-2-15-7-6-12(10-15)8-11-4-3-5-13(14)9-11;1-5(2,3)4/h3-5,9,12H,2,6-8,10H2,1H3;/t12-;/m1./s1. The smallest absolute Gasteiger partial charge is 0.303 e. The summed E-state index contributed by atoms with van der Waals surface area (Å²) in [5.74, 6) is 0.601. The summed E-state index contributed by atoms with van der Waals surface area (Å²) in [7, 11) is 4.81. The van der Waals surface area contributed by atoms with E-state index in [1.165, 1.54) is 25.6 Å². The third-order valence-corrected chi connectivity index (χ3v) is 3.23. The van der Waals surface area contributed by atoms with Crippen LogP contribution in [0.2, 0.25) is 0 Å². The van der Waals surface area contributed by atoms with Gasteiger partial charge in [0.2, 0.25) is 0 Å². The fourth-order valence-electron chi connectivity index (χ4n) is 2.36. The second-order valence-corrected chi connectivity index (χ2v) is 8.43. The molecule has 0 spiro atoms. The monoisotopic (exact) mass is 341 g/mol. The summed E-state index contributed by atoms with van der Waals surface area (Å²) in [5.41, 5.74) is 1.14. The molecule has 1 aromatic carbocycles. The van der Waals surface area contributed by atoms with Gasteiger partial charge in [-0.3, -0.25) is 0 Å². The summed E-state index contributed by atoms with van der Waals surface area (Å²) in [5, 5.41) is 0. The number of benzene rings is 1. The maximum atomic E-state index is 13.0. The Kier molecular flexibility index (Phi) is 7.23. The Morgan fingerprint density at radius 2 is 2.05 bits per heavy atom. The Morgan fingerprint density at radius 1 is 1.40 bits per heavy atom. The molecule has 114 valence electrons. The van der Waals surface area contributed by atoms with Gasteiger partial charge in [0, 0.05) is 27.9 Å². The van der Waals surface area contributed by atoms with Gasteiger partial charge >= 0.3 is 8.26 Å². The van der Waals surface area contributed by atoms with Crippen LogP contribution in [0.3, 0.4) is 0 Å². The zero-order valence-electron chi connectivity index (χ0n) is 11.2.